The lowest BCUT2D eigenvalue weighted by Gasteiger charge is -2.04. The number of carbonyl (C=O) groups is 1. The molecule has 1 N–H and O–H groups in total. The Balaban J connectivity index is 1.47. The number of hydrogen-bond acceptors (Lipinski definition) is 5. The first kappa shape index (κ1) is 17.0. The third kappa shape index (κ3) is 4.84. The van der Waals surface area contributed by atoms with Gasteiger partial charge in [0.05, 0.1) is 12.2 Å². The average molecular weight is 357 g/mol. The number of aromatic nitrogens is 2. The summed E-state index contributed by atoms with van der Waals surface area (Å²) in [5, 5.41) is 11.7. The highest BCUT2D eigenvalue weighted by molar-refractivity contribution is 7.15. The molecular weight excluding hydrogens is 341 g/mol. The second-order valence-electron chi connectivity index (χ2n) is 5.20. The van der Waals surface area contributed by atoms with Gasteiger partial charge in [0, 0.05) is 6.42 Å². The van der Waals surface area contributed by atoms with Gasteiger partial charge in [0.25, 0.3) is 5.91 Å². The second kappa shape index (κ2) is 8.34. The van der Waals surface area contributed by atoms with Crippen molar-refractivity contribution in [1.29, 1.82) is 0 Å². The fourth-order valence-electron chi connectivity index (χ4n) is 2.15. The molecule has 0 unspecified atom stereocenters. The quantitative estimate of drug-likeness (QED) is 0.651. The lowest BCUT2D eigenvalue weighted by Crippen LogP contribution is -2.13. The summed E-state index contributed by atoms with van der Waals surface area (Å²) in [5.41, 5.74) is -0.0180. The molecule has 1 heterocycles. The predicted octanol–water partition coefficient (Wildman–Crippen LogP) is 3.94. The third-order valence-corrected chi connectivity index (χ3v) is 4.25. The standard InChI is InChI=1S/C18H16FN3O2S/c19-15-10-5-4-9-14(15)17(23)20-18-22-21-16(25-18)11-6-12-24-13-7-2-1-3-8-13/h1-5,7-10H,6,11-12H2,(H,20,22,23). The van der Waals surface area contributed by atoms with Crippen LogP contribution in [-0.2, 0) is 6.42 Å². The number of anilines is 1. The van der Waals surface area contributed by atoms with Crippen LogP contribution in [0.15, 0.2) is 54.6 Å². The summed E-state index contributed by atoms with van der Waals surface area (Å²) >= 11 is 1.28. The fraction of sp³-hybridized carbons (Fsp3) is 0.167. The van der Waals surface area contributed by atoms with Gasteiger partial charge in [-0.1, -0.05) is 41.7 Å². The molecule has 7 heteroatoms. The third-order valence-electron chi connectivity index (χ3n) is 3.35. The van der Waals surface area contributed by atoms with E-state index in [4.69, 9.17) is 4.74 Å². The van der Waals surface area contributed by atoms with Gasteiger partial charge in [-0.25, -0.2) is 4.39 Å². The Kier molecular flexibility index (Phi) is 5.69. The van der Waals surface area contributed by atoms with Crippen molar-refractivity contribution < 1.29 is 13.9 Å². The van der Waals surface area contributed by atoms with Crippen LogP contribution >= 0.6 is 11.3 Å². The van der Waals surface area contributed by atoms with Gasteiger partial charge in [-0.3, -0.25) is 10.1 Å². The van der Waals surface area contributed by atoms with Crippen molar-refractivity contribution in [3.63, 3.8) is 0 Å². The summed E-state index contributed by atoms with van der Waals surface area (Å²) in [7, 11) is 0. The summed E-state index contributed by atoms with van der Waals surface area (Å²) in [6, 6.07) is 15.4. The molecule has 0 radical (unpaired) electrons. The summed E-state index contributed by atoms with van der Waals surface area (Å²) in [4.78, 5) is 12.0. The number of aryl methyl sites for hydroxylation is 1. The summed E-state index contributed by atoms with van der Waals surface area (Å²) in [6.45, 7) is 0.570. The van der Waals surface area contributed by atoms with E-state index >= 15 is 0 Å². The maximum absolute atomic E-state index is 13.6. The number of ether oxygens (including phenoxy) is 1. The minimum Gasteiger partial charge on any atom is -0.494 e. The number of benzene rings is 2. The van der Waals surface area contributed by atoms with Crippen molar-refractivity contribution in [3.05, 3.63) is 71.0 Å². The molecule has 0 aliphatic heterocycles. The molecule has 0 aliphatic carbocycles. The molecule has 0 saturated carbocycles. The zero-order valence-corrected chi connectivity index (χ0v) is 14.1. The molecule has 3 rings (SSSR count). The smallest absolute Gasteiger partial charge is 0.260 e. The Morgan fingerprint density at radius 2 is 1.84 bits per heavy atom. The fourth-order valence-corrected chi connectivity index (χ4v) is 2.92. The molecule has 0 spiro atoms. The second-order valence-corrected chi connectivity index (χ2v) is 6.26. The van der Waals surface area contributed by atoms with E-state index in [9.17, 15) is 9.18 Å². The SMILES string of the molecule is O=C(Nc1nnc(CCCOc2ccccc2)s1)c1ccccc1F. The minimum absolute atomic E-state index is 0.0180. The van der Waals surface area contributed by atoms with Gasteiger partial charge >= 0.3 is 0 Å². The molecule has 5 nitrogen and oxygen atoms in total. The highest BCUT2D eigenvalue weighted by atomic mass is 32.1. The largest absolute Gasteiger partial charge is 0.494 e. The minimum atomic E-state index is -0.567. The first-order chi connectivity index (χ1) is 12.2. The van der Waals surface area contributed by atoms with Crippen molar-refractivity contribution in [3.8, 4) is 5.75 Å². The lowest BCUT2D eigenvalue weighted by atomic mass is 10.2. The Morgan fingerprint density at radius 3 is 2.64 bits per heavy atom. The van der Waals surface area contributed by atoms with Crippen LogP contribution in [0.4, 0.5) is 9.52 Å². The molecule has 2 aromatic carbocycles. The molecule has 3 aromatic rings. The van der Waals surface area contributed by atoms with E-state index < -0.39 is 11.7 Å². The van der Waals surface area contributed by atoms with Crippen LogP contribution in [-0.4, -0.2) is 22.7 Å². The molecule has 1 aromatic heterocycles. The number of nitrogens with one attached hydrogen (secondary N) is 1. The molecule has 0 atom stereocenters. The zero-order chi connectivity index (χ0) is 17.5. The number of para-hydroxylation sites is 1. The van der Waals surface area contributed by atoms with Crippen LogP contribution in [0.3, 0.4) is 0 Å². The Hall–Kier alpha value is -2.80. The number of amides is 1. The molecule has 25 heavy (non-hydrogen) atoms. The monoisotopic (exact) mass is 357 g/mol. The Bertz CT molecular complexity index is 839. The van der Waals surface area contributed by atoms with Gasteiger partial charge in [-0.15, -0.1) is 10.2 Å². The van der Waals surface area contributed by atoms with Gasteiger partial charge in [-0.05, 0) is 30.7 Å². The first-order valence-electron chi connectivity index (χ1n) is 7.78. The van der Waals surface area contributed by atoms with Crippen LogP contribution in [0.25, 0.3) is 0 Å². The summed E-state index contributed by atoms with van der Waals surface area (Å²) in [6.07, 6.45) is 1.48. The maximum Gasteiger partial charge on any atom is 0.260 e. The van der Waals surface area contributed by atoms with Gasteiger partial charge < -0.3 is 4.74 Å². The van der Waals surface area contributed by atoms with Crippen LogP contribution < -0.4 is 10.1 Å². The van der Waals surface area contributed by atoms with E-state index in [1.807, 2.05) is 30.3 Å². The van der Waals surface area contributed by atoms with Gasteiger partial charge in [-0.2, -0.15) is 0 Å². The highest BCUT2D eigenvalue weighted by Crippen LogP contribution is 2.18. The van der Waals surface area contributed by atoms with Gasteiger partial charge in [0.2, 0.25) is 5.13 Å². The van der Waals surface area contributed by atoms with E-state index in [1.165, 1.54) is 29.5 Å². The number of halogens is 1. The Morgan fingerprint density at radius 1 is 1.08 bits per heavy atom. The van der Waals surface area contributed by atoms with E-state index in [-0.39, 0.29) is 5.56 Å². The van der Waals surface area contributed by atoms with Crippen molar-refractivity contribution in [2.24, 2.45) is 0 Å². The van der Waals surface area contributed by atoms with Crippen molar-refractivity contribution in [2.75, 3.05) is 11.9 Å². The maximum atomic E-state index is 13.6. The molecule has 128 valence electrons. The van der Waals surface area contributed by atoms with Crippen molar-refractivity contribution in [2.45, 2.75) is 12.8 Å². The number of carbonyl (C=O) groups excluding carboxylic acids is 1. The normalized spacial score (nSPS) is 10.4. The van der Waals surface area contributed by atoms with E-state index in [2.05, 4.69) is 15.5 Å². The Labute approximate surface area is 148 Å². The summed E-state index contributed by atoms with van der Waals surface area (Å²) < 4.78 is 19.2. The van der Waals surface area contributed by atoms with Gasteiger partial charge in [0.15, 0.2) is 0 Å². The first-order valence-corrected chi connectivity index (χ1v) is 8.60. The molecule has 0 fully saturated rings. The zero-order valence-electron chi connectivity index (χ0n) is 13.3. The average Bonchev–Trinajstić information content (AvgIpc) is 3.07. The number of hydrogen-bond donors (Lipinski definition) is 1. The topological polar surface area (TPSA) is 64.1 Å². The van der Waals surface area contributed by atoms with Crippen LogP contribution in [0.1, 0.15) is 21.8 Å². The highest BCUT2D eigenvalue weighted by Gasteiger charge is 2.13. The molecule has 0 bridgehead atoms. The lowest BCUT2D eigenvalue weighted by molar-refractivity contribution is 0.102. The van der Waals surface area contributed by atoms with Crippen LogP contribution in [0.5, 0.6) is 5.75 Å². The van der Waals surface area contributed by atoms with E-state index in [0.29, 0.717) is 18.2 Å². The molecule has 0 saturated heterocycles. The summed E-state index contributed by atoms with van der Waals surface area (Å²) in [5.74, 6) is -0.270. The molecular formula is C18H16FN3O2S. The van der Waals surface area contributed by atoms with E-state index in [1.54, 1.807) is 6.07 Å². The van der Waals surface area contributed by atoms with Gasteiger partial charge in [0.1, 0.15) is 16.6 Å². The molecule has 0 aliphatic rings. The van der Waals surface area contributed by atoms with Crippen LogP contribution in [0.2, 0.25) is 0 Å². The van der Waals surface area contributed by atoms with E-state index in [0.717, 1.165) is 17.2 Å². The predicted molar refractivity (Wildman–Crippen MR) is 94.5 cm³/mol. The van der Waals surface area contributed by atoms with Crippen molar-refractivity contribution in [1.82, 2.24) is 10.2 Å². The van der Waals surface area contributed by atoms with Crippen molar-refractivity contribution >= 4 is 22.4 Å². The number of nitrogens with zero attached hydrogens (tertiary/aromatic N) is 2. The number of rotatable bonds is 7. The molecule has 1 amide bonds. The van der Waals surface area contributed by atoms with Crippen LogP contribution in [0, 0.1) is 5.82 Å².